The fraction of sp³-hybridized carbons (Fsp3) is 0.379. The number of aromatic nitrogens is 1. The first kappa shape index (κ1) is 33.8. The van der Waals surface area contributed by atoms with Gasteiger partial charge >= 0.3 is 0 Å². The minimum atomic E-state index is -1.05. The van der Waals surface area contributed by atoms with Crippen molar-refractivity contribution in [2.45, 2.75) is 44.2 Å². The molecular formula is C29H38F4N6O2. The van der Waals surface area contributed by atoms with E-state index in [1.165, 1.54) is 43.6 Å². The van der Waals surface area contributed by atoms with E-state index in [2.05, 4.69) is 32.8 Å². The van der Waals surface area contributed by atoms with Crippen LogP contribution in [0.1, 0.15) is 42.4 Å². The molecule has 4 rings (SSSR count). The van der Waals surface area contributed by atoms with Crippen LogP contribution in [-0.2, 0) is 16.0 Å². The molecule has 1 aromatic heterocycles. The highest BCUT2D eigenvalue weighted by molar-refractivity contribution is 5.92. The summed E-state index contributed by atoms with van der Waals surface area (Å²) in [7, 11) is 1.50. The Labute approximate surface area is 237 Å². The van der Waals surface area contributed by atoms with Gasteiger partial charge in [-0.05, 0) is 62.2 Å². The van der Waals surface area contributed by atoms with Gasteiger partial charge in [-0.15, -0.1) is 0 Å². The monoisotopic (exact) mass is 578 g/mol. The second-order valence-electron chi connectivity index (χ2n) is 9.22. The van der Waals surface area contributed by atoms with Crippen LogP contribution in [0.4, 0.5) is 23.2 Å². The first-order valence-electron chi connectivity index (χ1n) is 13.2. The van der Waals surface area contributed by atoms with Gasteiger partial charge in [0.15, 0.2) is 11.6 Å². The summed E-state index contributed by atoms with van der Waals surface area (Å²) < 4.78 is 61.4. The summed E-state index contributed by atoms with van der Waals surface area (Å²) in [5.74, 6) is -4.23. The van der Waals surface area contributed by atoms with E-state index in [0.29, 0.717) is 42.7 Å². The van der Waals surface area contributed by atoms with Crippen LogP contribution in [-0.4, -0.2) is 49.9 Å². The van der Waals surface area contributed by atoms with Crippen molar-refractivity contribution in [2.24, 2.45) is 17.2 Å². The topological polar surface area (TPSA) is 141 Å². The molecule has 3 atom stereocenters. The van der Waals surface area contributed by atoms with Gasteiger partial charge in [-0.25, -0.2) is 17.6 Å². The molecule has 1 aliphatic rings. The first-order chi connectivity index (χ1) is 19.7. The zero-order chi connectivity index (χ0) is 30.4. The van der Waals surface area contributed by atoms with Crippen molar-refractivity contribution >= 4 is 11.6 Å². The number of hydrogen-bond acceptors (Lipinski definition) is 7. The quantitative estimate of drug-likeness (QED) is 0.203. The standard InChI is InChI=1S/C27H27F4N3O2.CH6N2.CH5N/c1-16-15-36-20(12-33-16)7-8-21-25(31)13-32-14-26(21)34-27(35)11-22(17-2-5-19(28)6-3-17)18-4-9-23(29)24(30)10-18;2-1-3;1-2/h2-6,9-10,13-14,16,20,22,33H,7-8,11-12,15H2,1H3,(H,34,35);1-3H2;2H2,1H3/t16-,20-,22+;;/m1../s1. The highest BCUT2D eigenvalue weighted by Crippen LogP contribution is 2.30. The fourth-order valence-corrected chi connectivity index (χ4v) is 4.28. The molecule has 2 aromatic carbocycles. The van der Waals surface area contributed by atoms with Crippen LogP contribution in [0, 0.1) is 23.3 Å². The number of halogens is 4. The Bertz CT molecular complexity index is 1220. The highest BCUT2D eigenvalue weighted by atomic mass is 19.2. The van der Waals surface area contributed by atoms with E-state index in [4.69, 9.17) is 4.74 Å². The lowest BCUT2D eigenvalue weighted by atomic mass is 9.88. The summed E-state index contributed by atoms with van der Waals surface area (Å²) in [5.41, 5.74) is 15.2. The van der Waals surface area contributed by atoms with Crippen LogP contribution in [0.2, 0.25) is 0 Å². The van der Waals surface area contributed by atoms with Crippen molar-refractivity contribution in [1.82, 2.24) is 10.3 Å². The number of morpholine rings is 1. The molecule has 1 fully saturated rings. The molecule has 2 heterocycles. The van der Waals surface area contributed by atoms with Gasteiger partial charge in [-0.1, -0.05) is 18.2 Å². The highest BCUT2D eigenvalue weighted by Gasteiger charge is 2.23. The number of benzene rings is 2. The van der Waals surface area contributed by atoms with Crippen LogP contribution in [0.5, 0.6) is 0 Å². The average molecular weight is 579 g/mol. The lowest BCUT2D eigenvalue weighted by Crippen LogP contribution is -2.44. The Hall–Kier alpha value is -3.42. The number of ether oxygens (including phenoxy) is 1. The molecule has 8 N–H and O–H groups in total. The number of anilines is 1. The SMILES string of the molecule is CN.C[C@@H]1CO[C@H](CCc2c(F)cncc2NC(=O)C[C@@H](c2ccc(F)cc2)c2ccc(F)c(F)c2)CN1.NCN. The summed E-state index contributed by atoms with van der Waals surface area (Å²) in [6, 6.07) is 9.09. The number of hydrogen-bond donors (Lipinski definition) is 5. The third-order valence-electron chi connectivity index (χ3n) is 6.28. The van der Waals surface area contributed by atoms with Crippen LogP contribution >= 0.6 is 0 Å². The van der Waals surface area contributed by atoms with Gasteiger partial charge in [-0.2, -0.15) is 0 Å². The summed E-state index contributed by atoms with van der Waals surface area (Å²) in [4.78, 5) is 16.9. The molecule has 3 aromatic rings. The van der Waals surface area contributed by atoms with Crippen molar-refractivity contribution in [3.05, 3.63) is 94.8 Å². The number of nitrogens with two attached hydrogens (primary N) is 3. The second kappa shape index (κ2) is 17.4. The average Bonchev–Trinajstić information content (AvgIpc) is 2.96. The van der Waals surface area contributed by atoms with Crippen molar-refractivity contribution < 1.29 is 27.1 Å². The van der Waals surface area contributed by atoms with Gasteiger partial charge in [0.2, 0.25) is 5.91 Å². The zero-order valence-electron chi connectivity index (χ0n) is 23.2. The molecule has 0 aliphatic carbocycles. The maximum absolute atomic E-state index is 14.6. The summed E-state index contributed by atoms with van der Waals surface area (Å²) in [6.45, 7) is 3.50. The largest absolute Gasteiger partial charge is 0.375 e. The third kappa shape index (κ3) is 10.5. The van der Waals surface area contributed by atoms with E-state index in [-0.39, 0.29) is 30.9 Å². The van der Waals surface area contributed by atoms with E-state index in [1.54, 1.807) is 0 Å². The fourth-order valence-electron chi connectivity index (χ4n) is 4.28. The minimum absolute atomic E-state index is 0.0754. The molecule has 8 nitrogen and oxygen atoms in total. The number of amides is 1. The molecule has 12 heteroatoms. The van der Waals surface area contributed by atoms with Crippen molar-refractivity contribution in [3.63, 3.8) is 0 Å². The Morgan fingerprint density at radius 2 is 1.68 bits per heavy atom. The van der Waals surface area contributed by atoms with E-state index < -0.39 is 35.1 Å². The maximum Gasteiger partial charge on any atom is 0.225 e. The normalized spacial score (nSPS) is 16.9. The van der Waals surface area contributed by atoms with Crippen LogP contribution in [0.15, 0.2) is 54.9 Å². The van der Waals surface area contributed by atoms with Crippen LogP contribution < -0.4 is 27.8 Å². The summed E-state index contributed by atoms with van der Waals surface area (Å²) >= 11 is 0. The third-order valence-corrected chi connectivity index (χ3v) is 6.28. The molecule has 0 unspecified atom stereocenters. The van der Waals surface area contributed by atoms with E-state index in [0.717, 1.165) is 18.3 Å². The van der Waals surface area contributed by atoms with Crippen LogP contribution in [0.25, 0.3) is 0 Å². The number of pyridine rings is 1. The van der Waals surface area contributed by atoms with Crippen molar-refractivity contribution in [3.8, 4) is 0 Å². The van der Waals surface area contributed by atoms with E-state index in [9.17, 15) is 22.4 Å². The number of rotatable bonds is 8. The molecule has 0 bridgehead atoms. The predicted molar refractivity (Wildman–Crippen MR) is 151 cm³/mol. The molecule has 41 heavy (non-hydrogen) atoms. The van der Waals surface area contributed by atoms with Gasteiger partial charge in [0.05, 0.1) is 30.8 Å². The lowest BCUT2D eigenvalue weighted by Gasteiger charge is -2.28. The number of nitrogens with zero attached hydrogens (tertiary/aromatic N) is 1. The summed E-state index contributed by atoms with van der Waals surface area (Å²) in [6.07, 6.45) is 3.11. The Morgan fingerprint density at radius 3 is 2.29 bits per heavy atom. The van der Waals surface area contributed by atoms with Gasteiger partial charge < -0.3 is 32.6 Å². The molecular weight excluding hydrogens is 540 g/mol. The Kier molecular flexibility index (Phi) is 14.3. The van der Waals surface area contributed by atoms with Gasteiger partial charge in [0.25, 0.3) is 0 Å². The van der Waals surface area contributed by atoms with Gasteiger partial charge in [0, 0.05) is 37.2 Å². The Morgan fingerprint density at radius 1 is 1.02 bits per heavy atom. The summed E-state index contributed by atoms with van der Waals surface area (Å²) in [5, 5.41) is 6.03. The molecule has 1 aliphatic heterocycles. The van der Waals surface area contributed by atoms with Crippen molar-refractivity contribution in [2.75, 3.05) is 32.2 Å². The number of carbonyl (C=O) groups excluding carboxylic acids is 1. The molecule has 0 saturated carbocycles. The van der Waals surface area contributed by atoms with Gasteiger partial charge in [0.1, 0.15) is 11.6 Å². The Balaban J connectivity index is 0.00000110. The second-order valence-corrected chi connectivity index (χ2v) is 9.22. The molecule has 0 radical (unpaired) electrons. The first-order valence-corrected chi connectivity index (χ1v) is 13.2. The lowest BCUT2D eigenvalue weighted by molar-refractivity contribution is -0.116. The molecule has 224 valence electrons. The number of nitrogens with one attached hydrogen (secondary N) is 2. The van der Waals surface area contributed by atoms with E-state index in [1.807, 2.05) is 6.92 Å². The molecule has 1 amide bonds. The molecule has 1 saturated heterocycles. The zero-order valence-corrected chi connectivity index (χ0v) is 23.2. The van der Waals surface area contributed by atoms with Gasteiger partial charge in [-0.3, -0.25) is 9.78 Å². The predicted octanol–water partition coefficient (Wildman–Crippen LogP) is 3.54. The van der Waals surface area contributed by atoms with E-state index >= 15 is 0 Å². The van der Waals surface area contributed by atoms with Crippen LogP contribution in [0.3, 0.4) is 0 Å². The minimum Gasteiger partial charge on any atom is -0.375 e. The maximum atomic E-state index is 14.6. The number of carbonyl (C=O) groups is 1. The molecule has 0 spiro atoms. The van der Waals surface area contributed by atoms with Crippen molar-refractivity contribution in [1.29, 1.82) is 0 Å². The smallest absolute Gasteiger partial charge is 0.225 e.